The Morgan fingerprint density at radius 1 is 1.25 bits per heavy atom. The fraction of sp³-hybridized carbons (Fsp3) is 0.684. The van der Waals surface area contributed by atoms with Crippen molar-refractivity contribution in [2.45, 2.75) is 58.7 Å². The van der Waals surface area contributed by atoms with Crippen LogP contribution in [0.4, 0.5) is 0 Å². The second kappa shape index (κ2) is 8.36. The van der Waals surface area contributed by atoms with E-state index < -0.39 is 0 Å². The van der Waals surface area contributed by atoms with Crippen LogP contribution in [0.2, 0.25) is 0 Å². The molecule has 0 aromatic heterocycles. The first-order chi connectivity index (χ1) is 11.4. The third kappa shape index (κ3) is 4.62. The van der Waals surface area contributed by atoms with Crippen molar-refractivity contribution < 1.29 is 23.8 Å². The highest BCUT2D eigenvalue weighted by Crippen LogP contribution is 2.46. The van der Waals surface area contributed by atoms with Gasteiger partial charge in [0.15, 0.2) is 0 Å². The largest absolute Gasteiger partial charge is 0.505 e. The molecule has 5 nitrogen and oxygen atoms in total. The van der Waals surface area contributed by atoms with Crippen LogP contribution in [0.25, 0.3) is 0 Å². The summed E-state index contributed by atoms with van der Waals surface area (Å²) in [5.74, 6) is 0.505. The number of allylic oxidation sites excluding steroid dienone is 2. The van der Waals surface area contributed by atoms with Gasteiger partial charge in [-0.15, -0.1) is 0 Å². The molecule has 0 radical (unpaired) electrons. The van der Waals surface area contributed by atoms with E-state index in [0.29, 0.717) is 18.3 Å². The van der Waals surface area contributed by atoms with Crippen molar-refractivity contribution in [1.29, 1.82) is 0 Å². The Morgan fingerprint density at radius 3 is 2.58 bits per heavy atom. The number of methoxy groups -OCH3 is 1. The minimum absolute atomic E-state index is 0.186. The number of fused-ring (bicyclic) bond motifs is 1. The molecule has 0 heterocycles. The Morgan fingerprint density at radius 2 is 1.96 bits per heavy atom. The molecule has 0 N–H and O–H groups in total. The summed E-state index contributed by atoms with van der Waals surface area (Å²) in [6.07, 6.45) is 8.72. The number of esters is 2. The maximum Gasteiger partial charge on any atom is 0.302 e. The first-order valence-electron chi connectivity index (χ1n) is 8.63. The molecule has 134 valence electrons. The van der Waals surface area contributed by atoms with Gasteiger partial charge in [-0.25, -0.2) is 0 Å². The van der Waals surface area contributed by atoms with Gasteiger partial charge in [-0.2, -0.15) is 0 Å². The van der Waals surface area contributed by atoms with Gasteiger partial charge < -0.3 is 14.2 Å². The summed E-state index contributed by atoms with van der Waals surface area (Å²) in [4.78, 5) is 22.9. The van der Waals surface area contributed by atoms with Crippen LogP contribution in [0.5, 0.6) is 0 Å². The second-order valence-electron chi connectivity index (χ2n) is 6.84. The Labute approximate surface area is 144 Å². The van der Waals surface area contributed by atoms with E-state index in [1.165, 1.54) is 19.4 Å². The Bertz CT molecular complexity index is 522. The van der Waals surface area contributed by atoms with Crippen LogP contribution < -0.4 is 0 Å². The summed E-state index contributed by atoms with van der Waals surface area (Å²) >= 11 is 0. The van der Waals surface area contributed by atoms with Crippen LogP contribution in [-0.4, -0.2) is 31.3 Å². The number of hydrogen-bond acceptors (Lipinski definition) is 5. The van der Waals surface area contributed by atoms with Crippen LogP contribution in [0.15, 0.2) is 24.0 Å². The molecule has 0 saturated heterocycles. The lowest BCUT2D eigenvalue weighted by molar-refractivity contribution is -0.159. The minimum atomic E-state index is -0.288. The molecule has 0 aromatic rings. The zero-order chi connectivity index (χ0) is 17.7. The van der Waals surface area contributed by atoms with Gasteiger partial charge in [0.2, 0.25) is 0 Å². The van der Waals surface area contributed by atoms with E-state index in [1.807, 2.05) is 6.08 Å². The highest BCUT2D eigenvalue weighted by atomic mass is 16.6. The van der Waals surface area contributed by atoms with E-state index in [4.69, 9.17) is 14.2 Å². The lowest BCUT2D eigenvalue weighted by atomic mass is 9.64. The molecular weight excluding hydrogens is 308 g/mol. The molecule has 2 rings (SSSR count). The minimum Gasteiger partial charge on any atom is -0.505 e. The number of ether oxygens (including phenoxy) is 3. The molecule has 0 bridgehead atoms. The monoisotopic (exact) mass is 336 g/mol. The van der Waals surface area contributed by atoms with Crippen molar-refractivity contribution in [2.75, 3.05) is 7.11 Å². The van der Waals surface area contributed by atoms with E-state index >= 15 is 0 Å². The van der Waals surface area contributed by atoms with Gasteiger partial charge in [-0.1, -0.05) is 18.6 Å². The molecule has 0 unspecified atom stereocenters. The standard InChI is InChI=1S/C19H28O5/c1-12-7-8-15-10-16(23-13(2)20)11-18(24-14(3)21)19(15)17(12)6-5-9-22-4/h5,8-9,12,16-19H,6-7,10-11H2,1-4H3/b9-5+/t12-,16+,17-,18-,19-/m0/s1. The zero-order valence-corrected chi connectivity index (χ0v) is 15.0. The first kappa shape index (κ1) is 18.6. The lowest BCUT2D eigenvalue weighted by Crippen LogP contribution is -2.45. The van der Waals surface area contributed by atoms with Crippen molar-refractivity contribution >= 4 is 11.9 Å². The smallest absolute Gasteiger partial charge is 0.302 e. The summed E-state index contributed by atoms with van der Waals surface area (Å²) in [7, 11) is 1.64. The molecule has 24 heavy (non-hydrogen) atoms. The number of carbonyl (C=O) groups is 2. The van der Waals surface area contributed by atoms with Gasteiger partial charge in [0.25, 0.3) is 0 Å². The van der Waals surface area contributed by atoms with Gasteiger partial charge in [0, 0.05) is 32.6 Å². The maximum atomic E-state index is 11.6. The fourth-order valence-corrected chi connectivity index (χ4v) is 4.11. The number of hydrogen-bond donors (Lipinski definition) is 0. The van der Waals surface area contributed by atoms with Crippen LogP contribution in [0, 0.1) is 17.8 Å². The Kier molecular flexibility index (Phi) is 6.46. The van der Waals surface area contributed by atoms with Gasteiger partial charge in [0.05, 0.1) is 13.4 Å². The van der Waals surface area contributed by atoms with E-state index in [2.05, 4.69) is 13.0 Å². The second-order valence-corrected chi connectivity index (χ2v) is 6.84. The predicted octanol–water partition coefficient (Wildman–Crippen LogP) is 3.39. The summed E-state index contributed by atoms with van der Waals surface area (Å²) in [5.41, 5.74) is 1.26. The van der Waals surface area contributed by atoms with E-state index in [1.54, 1.807) is 13.4 Å². The van der Waals surface area contributed by atoms with Crippen molar-refractivity contribution in [2.24, 2.45) is 17.8 Å². The number of rotatable bonds is 5. The fourth-order valence-electron chi connectivity index (χ4n) is 4.11. The van der Waals surface area contributed by atoms with E-state index in [-0.39, 0.29) is 30.1 Å². The molecule has 0 amide bonds. The van der Waals surface area contributed by atoms with E-state index in [0.717, 1.165) is 19.3 Å². The SMILES string of the molecule is CO/C=C/C[C@@H]1[C@@H]2C(=CC[C@@H]1C)C[C@@H](OC(C)=O)C[C@@H]2OC(C)=O. The molecule has 2 aliphatic carbocycles. The van der Waals surface area contributed by atoms with Gasteiger partial charge in [0.1, 0.15) is 12.2 Å². The molecule has 2 aliphatic rings. The molecule has 0 aromatic carbocycles. The lowest BCUT2D eigenvalue weighted by Gasteiger charge is -2.45. The van der Waals surface area contributed by atoms with Crippen LogP contribution in [-0.2, 0) is 23.8 Å². The quantitative estimate of drug-likeness (QED) is 0.437. The highest BCUT2D eigenvalue weighted by Gasteiger charge is 2.44. The average Bonchev–Trinajstić information content (AvgIpc) is 2.48. The van der Waals surface area contributed by atoms with Crippen LogP contribution in [0.3, 0.4) is 0 Å². The maximum absolute atomic E-state index is 11.6. The summed E-state index contributed by atoms with van der Waals surface area (Å²) in [6.45, 7) is 5.09. The molecule has 5 atom stereocenters. The molecule has 1 fully saturated rings. The predicted molar refractivity (Wildman–Crippen MR) is 90.0 cm³/mol. The Hall–Kier alpha value is -1.78. The van der Waals surface area contributed by atoms with E-state index in [9.17, 15) is 9.59 Å². The highest BCUT2D eigenvalue weighted by molar-refractivity contribution is 5.67. The average molecular weight is 336 g/mol. The van der Waals surface area contributed by atoms with Crippen molar-refractivity contribution in [3.05, 3.63) is 24.0 Å². The van der Waals surface area contributed by atoms with Crippen molar-refractivity contribution in [3.63, 3.8) is 0 Å². The third-order valence-corrected chi connectivity index (χ3v) is 5.02. The molecular formula is C19H28O5. The van der Waals surface area contributed by atoms with Crippen molar-refractivity contribution in [1.82, 2.24) is 0 Å². The first-order valence-corrected chi connectivity index (χ1v) is 8.63. The van der Waals surface area contributed by atoms with Gasteiger partial charge >= 0.3 is 11.9 Å². The third-order valence-electron chi connectivity index (χ3n) is 5.02. The Balaban J connectivity index is 2.23. The number of carbonyl (C=O) groups excluding carboxylic acids is 2. The topological polar surface area (TPSA) is 61.8 Å². The van der Waals surface area contributed by atoms with Gasteiger partial charge in [-0.3, -0.25) is 9.59 Å². The summed E-state index contributed by atoms with van der Waals surface area (Å²) in [5, 5.41) is 0. The van der Waals surface area contributed by atoms with Crippen molar-refractivity contribution in [3.8, 4) is 0 Å². The normalized spacial score (nSPS) is 32.7. The molecule has 5 heteroatoms. The van der Waals surface area contributed by atoms with Crippen LogP contribution in [0.1, 0.15) is 46.5 Å². The van der Waals surface area contributed by atoms with Gasteiger partial charge in [-0.05, 0) is 30.8 Å². The van der Waals surface area contributed by atoms with Crippen LogP contribution >= 0.6 is 0 Å². The molecule has 1 saturated carbocycles. The molecule has 0 aliphatic heterocycles. The molecule has 0 spiro atoms. The zero-order valence-electron chi connectivity index (χ0n) is 15.0. The summed E-state index contributed by atoms with van der Waals surface area (Å²) in [6, 6.07) is 0. The summed E-state index contributed by atoms with van der Waals surface area (Å²) < 4.78 is 16.1.